The van der Waals surface area contributed by atoms with Crippen molar-refractivity contribution in [3.05, 3.63) is 77.2 Å². The highest BCUT2D eigenvalue weighted by Gasteiger charge is 2.41. The molecule has 30 heavy (non-hydrogen) atoms. The van der Waals surface area contributed by atoms with Crippen LogP contribution >= 0.6 is 0 Å². The van der Waals surface area contributed by atoms with Crippen LogP contribution in [0.3, 0.4) is 0 Å². The summed E-state index contributed by atoms with van der Waals surface area (Å²) in [4.78, 5) is 10.9. The van der Waals surface area contributed by atoms with Crippen LogP contribution in [0, 0.1) is 0 Å². The van der Waals surface area contributed by atoms with Crippen molar-refractivity contribution in [2.45, 2.75) is 38.2 Å². The molecular formula is C24H22N2O4. The molecule has 0 amide bonds. The van der Waals surface area contributed by atoms with Crippen LogP contribution in [-0.2, 0) is 12.0 Å². The lowest BCUT2D eigenvalue weighted by atomic mass is 9.63. The van der Waals surface area contributed by atoms with E-state index >= 15 is 0 Å². The van der Waals surface area contributed by atoms with Gasteiger partial charge in [0.15, 0.2) is 5.69 Å². The van der Waals surface area contributed by atoms with E-state index in [0.717, 1.165) is 22.8 Å². The van der Waals surface area contributed by atoms with Gasteiger partial charge in [-0.3, -0.25) is 5.10 Å². The fourth-order valence-electron chi connectivity index (χ4n) is 4.45. The van der Waals surface area contributed by atoms with Crippen LogP contribution in [0.2, 0.25) is 0 Å². The first kappa shape index (κ1) is 18.5. The van der Waals surface area contributed by atoms with Gasteiger partial charge in [0.25, 0.3) is 0 Å². The van der Waals surface area contributed by atoms with Gasteiger partial charge in [-0.1, -0.05) is 36.8 Å². The summed E-state index contributed by atoms with van der Waals surface area (Å²) in [6.07, 6.45) is 6.21. The maximum Gasteiger partial charge on any atom is 0.354 e. The fourth-order valence-corrected chi connectivity index (χ4v) is 4.45. The Labute approximate surface area is 174 Å². The lowest BCUT2D eigenvalue weighted by Gasteiger charge is -2.43. The number of carbonyl (C=O) groups is 1. The van der Waals surface area contributed by atoms with E-state index in [1.807, 2.05) is 30.3 Å². The number of para-hydroxylation sites is 2. The Balaban J connectivity index is 0.000000130. The number of hydrogen-bond acceptors (Lipinski definition) is 4. The number of ether oxygens (including phenoxy) is 2. The van der Waals surface area contributed by atoms with Crippen LogP contribution in [0.4, 0.5) is 0 Å². The van der Waals surface area contributed by atoms with E-state index in [1.54, 1.807) is 0 Å². The number of aromatic amines is 1. The van der Waals surface area contributed by atoms with Gasteiger partial charge in [-0.2, -0.15) is 5.10 Å². The molecule has 0 atom stereocenters. The minimum Gasteiger partial charge on any atom is -0.488 e. The van der Waals surface area contributed by atoms with Gasteiger partial charge in [0, 0.05) is 16.5 Å². The van der Waals surface area contributed by atoms with E-state index in [0.29, 0.717) is 16.7 Å². The molecule has 3 aromatic rings. The molecule has 0 unspecified atom stereocenters. The molecule has 2 aliphatic heterocycles. The molecule has 3 heterocycles. The second kappa shape index (κ2) is 7.06. The highest BCUT2D eigenvalue weighted by Crippen LogP contribution is 2.51. The number of H-pyrrole nitrogens is 1. The third-order valence-electron chi connectivity index (χ3n) is 6.01. The number of nitrogens with one attached hydrogen (secondary N) is 1. The number of allylic oxidation sites excluding steroid dienone is 2. The summed E-state index contributed by atoms with van der Waals surface area (Å²) >= 11 is 0. The van der Waals surface area contributed by atoms with Gasteiger partial charge >= 0.3 is 5.97 Å². The predicted octanol–water partition coefficient (Wildman–Crippen LogP) is 5.07. The van der Waals surface area contributed by atoms with Crippen LogP contribution in [0.15, 0.2) is 60.4 Å². The SMILES string of the molecule is CC1=CC2(CCC2)c2ccccc2O1.O=C(O)c1[nH]nc2c1COc1ccccc1-2. The number of aromatic nitrogens is 2. The Hall–Kier alpha value is -3.54. The largest absolute Gasteiger partial charge is 0.488 e. The van der Waals surface area contributed by atoms with Gasteiger partial charge < -0.3 is 14.6 Å². The van der Waals surface area contributed by atoms with E-state index in [4.69, 9.17) is 14.6 Å². The molecular weight excluding hydrogens is 380 g/mol. The van der Waals surface area contributed by atoms with E-state index in [2.05, 4.69) is 41.4 Å². The number of fused-ring (bicyclic) bond motifs is 5. The molecule has 1 aromatic heterocycles. The second-order valence-corrected chi connectivity index (χ2v) is 7.88. The Kier molecular flexibility index (Phi) is 4.35. The third-order valence-corrected chi connectivity index (χ3v) is 6.01. The number of carboxylic acids is 1. The van der Waals surface area contributed by atoms with Crippen molar-refractivity contribution in [1.29, 1.82) is 0 Å². The maximum atomic E-state index is 10.9. The molecule has 2 N–H and O–H groups in total. The molecule has 152 valence electrons. The molecule has 6 heteroatoms. The fraction of sp³-hybridized carbons (Fsp3) is 0.250. The molecule has 6 rings (SSSR count). The molecule has 1 fully saturated rings. The van der Waals surface area contributed by atoms with E-state index < -0.39 is 5.97 Å². The zero-order chi connectivity index (χ0) is 20.7. The van der Waals surface area contributed by atoms with Crippen LogP contribution in [0.1, 0.15) is 47.8 Å². The molecule has 0 radical (unpaired) electrons. The predicted molar refractivity (Wildman–Crippen MR) is 112 cm³/mol. The van der Waals surface area contributed by atoms with Gasteiger partial charge in [0.2, 0.25) is 0 Å². The molecule has 1 aliphatic carbocycles. The smallest absolute Gasteiger partial charge is 0.354 e. The molecule has 3 aliphatic rings. The van der Waals surface area contributed by atoms with E-state index in [9.17, 15) is 4.79 Å². The van der Waals surface area contributed by atoms with Crippen molar-refractivity contribution in [3.63, 3.8) is 0 Å². The Morgan fingerprint density at radius 1 is 1.10 bits per heavy atom. The first-order valence-electron chi connectivity index (χ1n) is 10.1. The minimum atomic E-state index is -1.02. The Morgan fingerprint density at radius 2 is 1.83 bits per heavy atom. The number of benzene rings is 2. The van der Waals surface area contributed by atoms with Gasteiger partial charge in [-0.05, 0) is 44.0 Å². The van der Waals surface area contributed by atoms with Crippen molar-refractivity contribution in [1.82, 2.24) is 10.2 Å². The molecule has 6 nitrogen and oxygen atoms in total. The Bertz CT molecular complexity index is 1160. The van der Waals surface area contributed by atoms with Crippen LogP contribution in [-0.4, -0.2) is 21.3 Å². The first-order chi connectivity index (χ1) is 14.6. The molecule has 0 bridgehead atoms. The second-order valence-electron chi connectivity index (χ2n) is 7.88. The highest BCUT2D eigenvalue weighted by atomic mass is 16.5. The van der Waals surface area contributed by atoms with Gasteiger partial charge in [-0.15, -0.1) is 0 Å². The molecule has 1 spiro atoms. The average Bonchev–Trinajstić information content (AvgIpc) is 3.17. The van der Waals surface area contributed by atoms with Gasteiger partial charge in [0.1, 0.15) is 23.8 Å². The number of nitrogens with zero attached hydrogens (tertiary/aromatic N) is 1. The van der Waals surface area contributed by atoms with E-state index in [-0.39, 0.29) is 12.3 Å². The summed E-state index contributed by atoms with van der Waals surface area (Å²) in [5, 5.41) is 15.5. The lowest BCUT2D eigenvalue weighted by molar-refractivity contribution is 0.0687. The number of carboxylic acid groups (broad SMARTS) is 1. The van der Waals surface area contributed by atoms with Crippen molar-refractivity contribution in [2.75, 3.05) is 0 Å². The summed E-state index contributed by atoms with van der Waals surface area (Å²) in [6.45, 7) is 2.29. The maximum absolute atomic E-state index is 10.9. The Morgan fingerprint density at radius 3 is 2.57 bits per heavy atom. The summed E-state index contributed by atoms with van der Waals surface area (Å²) < 4.78 is 11.2. The summed E-state index contributed by atoms with van der Waals surface area (Å²) in [5.41, 5.74) is 3.90. The zero-order valence-corrected chi connectivity index (χ0v) is 16.6. The highest BCUT2D eigenvalue weighted by molar-refractivity contribution is 5.90. The number of aromatic carboxylic acids is 1. The first-order valence-corrected chi connectivity index (χ1v) is 10.1. The summed E-state index contributed by atoms with van der Waals surface area (Å²) in [5.74, 6) is 1.84. The number of rotatable bonds is 1. The monoisotopic (exact) mass is 402 g/mol. The third kappa shape index (κ3) is 2.96. The molecule has 1 saturated carbocycles. The standard InChI is InChI=1S/C13H14O.C11H8N2O3/c1-10-9-13(7-4-8-13)11-5-2-3-6-12(11)14-10;14-11(15)10-7-5-16-8-4-2-1-3-6(8)9(7)12-13-10/h2-3,5-6,9H,4,7-8H2,1H3;1-4H,5H2,(H,12,13)(H,14,15). The topological polar surface area (TPSA) is 84.4 Å². The minimum absolute atomic E-state index is 0.101. The zero-order valence-electron chi connectivity index (χ0n) is 16.6. The van der Waals surface area contributed by atoms with Crippen LogP contribution in [0.25, 0.3) is 11.3 Å². The van der Waals surface area contributed by atoms with Crippen molar-refractivity contribution in [3.8, 4) is 22.8 Å². The molecule has 2 aromatic carbocycles. The quantitative estimate of drug-likeness (QED) is 0.593. The van der Waals surface area contributed by atoms with Crippen molar-refractivity contribution in [2.24, 2.45) is 0 Å². The summed E-state index contributed by atoms with van der Waals surface area (Å²) in [7, 11) is 0. The lowest BCUT2D eigenvalue weighted by Crippen LogP contribution is -2.35. The molecule has 0 saturated heterocycles. The van der Waals surface area contributed by atoms with Gasteiger partial charge in [-0.25, -0.2) is 4.79 Å². The van der Waals surface area contributed by atoms with Gasteiger partial charge in [0.05, 0.1) is 11.3 Å². The normalized spacial score (nSPS) is 16.9. The number of hydrogen-bond donors (Lipinski definition) is 2. The summed E-state index contributed by atoms with van der Waals surface area (Å²) in [6, 6.07) is 15.9. The van der Waals surface area contributed by atoms with E-state index in [1.165, 1.54) is 24.8 Å². The van der Waals surface area contributed by atoms with Crippen LogP contribution in [0.5, 0.6) is 11.5 Å². The van der Waals surface area contributed by atoms with Crippen LogP contribution < -0.4 is 9.47 Å². The van der Waals surface area contributed by atoms with Crippen molar-refractivity contribution < 1.29 is 19.4 Å². The average molecular weight is 402 g/mol. The van der Waals surface area contributed by atoms with Crippen molar-refractivity contribution >= 4 is 5.97 Å².